The molecule has 106 valence electrons. The zero-order chi connectivity index (χ0) is 14.5. The Balaban J connectivity index is 2.35. The van der Waals surface area contributed by atoms with Crippen molar-refractivity contribution in [1.29, 1.82) is 0 Å². The number of nitrogens with zero attached hydrogens (tertiary/aromatic N) is 1. The molecule has 1 aromatic carbocycles. The normalized spacial score (nSPS) is 17.8. The number of carbonyl (C=O) groups is 1. The Morgan fingerprint density at radius 1 is 1.55 bits per heavy atom. The topological polar surface area (TPSA) is 46.3 Å². The number of nitrogens with two attached hydrogens (primary N) is 1. The summed E-state index contributed by atoms with van der Waals surface area (Å²) in [6.07, 6.45) is 2.94. The summed E-state index contributed by atoms with van der Waals surface area (Å²) in [6, 6.07) is 4.38. The van der Waals surface area contributed by atoms with Crippen LogP contribution in [0.5, 0.6) is 0 Å². The van der Waals surface area contributed by atoms with Gasteiger partial charge in [-0.1, -0.05) is 18.8 Å². The summed E-state index contributed by atoms with van der Waals surface area (Å²) in [6.45, 7) is 3.01. The maximum Gasteiger partial charge on any atom is 0.255 e. The average molecular weight is 274 g/mol. The monoisotopic (exact) mass is 274 g/mol. The lowest BCUT2D eigenvalue weighted by Crippen LogP contribution is -2.35. The van der Waals surface area contributed by atoms with Gasteiger partial charge in [-0.05, 0) is 37.5 Å². The Bertz CT molecular complexity index is 559. The number of amides is 1. The molecule has 0 aromatic heterocycles. The van der Waals surface area contributed by atoms with Gasteiger partial charge in [0.25, 0.3) is 5.91 Å². The standard InChI is InChI=1S/C16H19FN2O/c1-2-14-6-4-10-19(14)16(20)15-11-13(17)8-7-12(15)5-3-9-18/h7-8,11,14H,2,4,6,9-10,18H2,1H3. The van der Waals surface area contributed by atoms with Crippen molar-refractivity contribution in [2.75, 3.05) is 13.1 Å². The first-order chi connectivity index (χ1) is 9.67. The first-order valence-electron chi connectivity index (χ1n) is 6.96. The van der Waals surface area contributed by atoms with E-state index in [9.17, 15) is 9.18 Å². The van der Waals surface area contributed by atoms with E-state index in [1.807, 2.05) is 4.90 Å². The Kier molecular flexibility index (Phi) is 4.75. The molecule has 1 unspecified atom stereocenters. The van der Waals surface area contributed by atoms with Crippen molar-refractivity contribution < 1.29 is 9.18 Å². The van der Waals surface area contributed by atoms with E-state index in [-0.39, 0.29) is 18.5 Å². The second kappa shape index (κ2) is 6.53. The molecule has 1 heterocycles. The highest BCUT2D eigenvalue weighted by Gasteiger charge is 2.29. The van der Waals surface area contributed by atoms with Crippen LogP contribution in [0.25, 0.3) is 0 Å². The van der Waals surface area contributed by atoms with Crippen LogP contribution in [0.1, 0.15) is 42.1 Å². The lowest BCUT2D eigenvalue weighted by molar-refractivity contribution is 0.0733. The fraction of sp³-hybridized carbons (Fsp3) is 0.438. The second-order valence-corrected chi connectivity index (χ2v) is 4.90. The third-order valence-electron chi connectivity index (χ3n) is 3.65. The molecule has 1 atom stereocenters. The van der Waals surface area contributed by atoms with Gasteiger partial charge in [0.15, 0.2) is 0 Å². The summed E-state index contributed by atoms with van der Waals surface area (Å²) >= 11 is 0. The van der Waals surface area contributed by atoms with E-state index in [2.05, 4.69) is 18.8 Å². The van der Waals surface area contributed by atoms with Crippen molar-refractivity contribution in [1.82, 2.24) is 4.90 Å². The molecule has 3 nitrogen and oxygen atoms in total. The van der Waals surface area contributed by atoms with Crippen LogP contribution in [-0.4, -0.2) is 29.9 Å². The predicted octanol–water partition coefficient (Wildman–Crippen LogP) is 2.15. The molecule has 1 aliphatic rings. The second-order valence-electron chi connectivity index (χ2n) is 4.90. The fourth-order valence-corrected chi connectivity index (χ4v) is 2.63. The Labute approximate surface area is 119 Å². The molecule has 0 spiro atoms. The molecule has 0 saturated carbocycles. The molecule has 0 radical (unpaired) electrons. The zero-order valence-corrected chi connectivity index (χ0v) is 11.7. The summed E-state index contributed by atoms with van der Waals surface area (Å²) in [5, 5.41) is 0. The molecule has 2 rings (SSSR count). The summed E-state index contributed by atoms with van der Waals surface area (Å²) < 4.78 is 13.5. The molecular formula is C16H19FN2O. The largest absolute Gasteiger partial charge is 0.336 e. The van der Waals surface area contributed by atoms with Crippen molar-refractivity contribution in [3.8, 4) is 11.8 Å². The van der Waals surface area contributed by atoms with Crippen molar-refractivity contribution >= 4 is 5.91 Å². The highest BCUT2D eigenvalue weighted by atomic mass is 19.1. The highest BCUT2D eigenvalue weighted by Crippen LogP contribution is 2.23. The van der Waals surface area contributed by atoms with E-state index in [4.69, 9.17) is 5.73 Å². The van der Waals surface area contributed by atoms with Gasteiger partial charge in [0, 0.05) is 18.2 Å². The molecule has 1 saturated heterocycles. The summed E-state index contributed by atoms with van der Waals surface area (Å²) in [7, 11) is 0. The quantitative estimate of drug-likeness (QED) is 0.840. The van der Waals surface area contributed by atoms with Crippen LogP contribution >= 0.6 is 0 Å². The summed E-state index contributed by atoms with van der Waals surface area (Å²) in [5.74, 6) is 5.02. The van der Waals surface area contributed by atoms with Crippen molar-refractivity contribution in [2.24, 2.45) is 5.73 Å². The number of likely N-dealkylation sites (tertiary alicyclic amines) is 1. The van der Waals surface area contributed by atoms with E-state index in [0.29, 0.717) is 11.1 Å². The molecule has 0 aliphatic carbocycles. The smallest absolute Gasteiger partial charge is 0.255 e. The van der Waals surface area contributed by atoms with E-state index in [1.54, 1.807) is 6.07 Å². The minimum Gasteiger partial charge on any atom is -0.336 e. The molecule has 1 fully saturated rings. The van der Waals surface area contributed by atoms with E-state index < -0.39 is 5.82 Å². The molecule has 1 amide bonds. The number of rotatable bonds is 2. The molecule has 0 bridgehead atoms. The highest BCUT2D eigenvalue weighted by molar-refractivity contribution is 5.97. The van der Waals surface area contributed by atoms with Crippen molar-refractivity contribution in [3.05, 3.63) is 35.1 Å². The van der Waals surface area contributed by atoms with Crippen LogP contribution in [0.15, 0.2) is 18.2 Å². The van der Waals surface area contributed by atoms with Gasteiger partial charge in [0.2, 0.25) is 0 Å². The van der Waals surface area contributed by atoms with E-state index >= 15 is 0 Å². The minimum atomic E-state index is -0.418. The van der Waals surface area contributed by atoms with Crippen LogP contribution in [0.2, 0.25) is 0 Å². The summed E-state index contributed by atoms with van der Waals surface area (Å²) in [4.78, 5) is 14.4. The van der Waals surface area contributed by atoms with Gasteiger partial charge in [-0.3, -0.25) is 4.79 Å². The SMILES string of the molecule is CCC1CCCN1C(=O)c1cc(F)ccc1C#CCN. The molecule has 4 heteroatoms. The lowest BCUT2D eigenvalue weighted by Gasteiger charge is -2.24. The molecule has 2 N–H and O–H groups in total. The Morgan fingerprint density at radius 3 is 3.05 bits per heavy atom. The number of benzene rings is 1. The molecular weight excluding hydrogens is 255 g/mol. The van der Waals surface area contributed by atoms with Crippen LogP contribution in [0, 0.1) is 17.7 Å². The first kappa shape index (κ1) is 14.5. The first-order valence-corrected chi connectivity index (χ1v) is 6.96. The molecule has 20 heavy (non-hydrogen) atoms. The average Bonchev–Trinajstić information content (AvgIpc) is 2.93. The number of halogens is 1. The van der Waals surface area contributed by atoms with Gasteiger partial charge in [0.05, 0.1) is 12.1 Å². The van der Waals surface area contributed by atoms with Gasteiger partial charge >= 0.3 is 0 Å². The zero-order valence-electron chi connectivity index (χ0n) is 11.7. The van der Waals surface area contributed by atoms with Crippen LogP contribution in [0.4, 0.5) is 4.39 Å². The Hall–Kier alpha value is -1.86. The van der Waals surface area contributed by atoms with Gasteiger partial charge in [-0.2, -0.15) is 0 Å². The maximum atomic E-state index is 13.5. The minimum absolute atomic E-state index is 0.129. The maximum absolute atomic E-state index is 13.5. The van der Waals surface area contributed by atoms with Crippen LogP contribution < -0.4 is 5.73 Å². The lowest BCUT2D eigenvalue weighted by atomic mass is 10.1. The Morgan fingerprint density at radius 2 is 2.35 bits per heavy atom. The van der Waals surface area contributed by atoms with E-state index in [1.165, 1.54) is 12.1 Å². The third-order valence-corrected chi connectivity index (χ3v) is 3.65. The third kappa shape index (κ3) is 3.00. The van der Waals surface area contributed by atoms with Gasteiger partial charge in [-0.15, -0.1) is 0 Å². The van der Waals surface area contributed by atoms with Crippen LogP contribution in [0.3, 0.4) is 0 Å². The molecule has 1 aliphatic heterocycles. The van der Waals surface area contributed by atoms with E-state index in [0.717, 1.165) is 25.8 Å². The fourth-order valence-electron chi connectivity index (χ4n) is 2.63. The predicted molar refractivity (Wildman–Crippen MR) is 76.7 cm³/mol. The van der Waals surface area contributed by atoms with Crippen molar-refractivity contribution in [3.63, 3.8) is 0 Å². The number of hydrogen-bond donors (Lipinski definition) is 1. The van der Waals surface area contributed by atoms with Crippen molar-refractivity contribution in [2.45, 2.75) is 32.2 Å². The van der Waals surface area contributed by atoms with Gasteiger partial charge in [-0.25, -0.2) is 4.39 Å². The number of carbonyl (C=O) groups excluding carboxylic acids is 1. The summed E-state index contributed by atoms with van der Waals surface area (Å²) in [5.41, 5.74) is 6.24. The molecule has 1 aromatic rings. The van der Waals surface area contributed by atoms with Gasteiger partial charge < -0.3 is 10.6 Å². The number of hydrogen-bond acceptors (Lipinski definition) is 2. The van der Waals surface area contributed by atoms with Crippen LogP contribution in [-0.2, 0) is 0 Å². The van der Waals surface area contributed by atoms with Gasteiger partial charge in [0.1, 0.15) is 5.82 Å².